The fourth-order valence-corrected chi connectivity index (χ4v) is 3.52. The standard InChI is InChI=1S/C23H26N6O2/c1-16-14-20(29-12-4-3-5-13-29)28-23(25-16)27-19-8-6-18(7-9-19)26-22(30)17-10-11-24-21(15-17)31-2/h6-11,14-15H,3-5,12-13H2,1-2H3,(H,26,30)(H,25,27,28). The van der Waals surface area contributed by atoms with E-state index in [9.17, 15) is 4.79 Å². The second-order valence-electron chi connectivity index (χ2n) is 7.48. The molecule has 31 heavy (non-hydrogen) atoms. The minimum atomic E-state index is -0.227. The van der Waals surface area contributed by atoms with Gasteiger partial charge in [-0.15, -0.1) is 0 Å². The summed E-state index contributed by atoms with van der Waals surface area (Å²) >= 11 is 0. The molecular formula is C23H26N6O2. The maximum atomic E-state index is 12.4. The molecule has 160 valence electrons. The summed E-state index contributed by atoms with van der Waals surface area (Å²) in [6.45, 7) is 4.05. The fraction of sp³-hybridized carbons (Fsp3) is 0.304. The van der Waals surface area contributed by atoms with Gasteiger partial charge in [-0.25, -0.2) is 9.97 Å². The molecule has 0 aliphatic carbocycles. The maximum absolute atomic E-state index is 12.4. The first-order valence-electron chi connectivity index (χ1n) is 10.4. The van der Waals surface area contributed by atoms with E-state index in [2.05, 4.69) is 25.5 Å². The van der Waals surface area contributed by atoms with Gasteiger partial charge >= 0.3 is 0 Å². The van der Waals surface area contributed by atoms with Crippen molar-refractivity contribution in [1.29, 1.82) is 0 Å². The summed E-state index contributed by atoms with van der Waals surface area (Å²) in [6, 6.07) is 12.7. The molecule has 1 fully saturated rings. The second kappa shape index (κ2) is 9.42. The zero-order valence-corrected chi connectivity index (χ0v) is 17.8. The highest BCUT2D eigenvalue weighted by molar-refractivity contribution is 6.04. The average Bonchev–Trinajstić information content (AvgIpc) is 2.80. The molecular weight excluding hydrogens is 392 g/mol. The lowest BCUT2D eigenvalue weighted by molar-refractivity contribution is 0.102. The van der Waals surface area contributed by atoms with Crippen molar-refractivity contribution in [3.8, 4) is 5.88 Å². The number of hydrogen-bond donors (Lipinski definition) is 2. The van der Waals surface area contributed by atoms with Gasteiger partial charge in [0, 0.05) is 54.1 Å². The molecule has 2 aromatic heterocycles. The van der Waals surface area contributed by atoms with E-state index >= 15 is 0 Å². The number of nitrogens with zero attached hydrogens (tertiary/aromatic N) is 4. The molecule has 3 heterocycles. The van der Waals surface area contributed by atoms with Crippen LogP contribution in [0.5, 0.6) is 5.88 Å². The third-order valence-corrected chi connectivity index (χ3v) is 5.13. The van der Waals surface area contributed by atoms with E-state index in [0.717, 1.165) is 30.3 Å². The van der Waals surface area contributed by atoms with Crippen LogP contribution in [-0.2, 0) is 0 Å². The zero-order chi connectivity index (χ0) is 21.6. The summed E-state index contributed by atoms with van der Waals surface area (Å²) in [4.78, 5) is 28.0. The summed E-state index contributed by atoms with van der Waals surface area (Å²) in [5, 5.41) is 6.14. The number of amides is 1. The van der Waals surface area contributed by atoms with Gasteiger partial charge < -0.3 is 20.3 Å². The fourth-order valence-electron chi connectivity index (χ4n) is 3.52. The number of anilines is 4. The van der Waals surface area contributed by atoms with Crippen LogP contribution in [0.3, 0.4) is 0 Å². The van der Waals surface area contributed by atoms with Crippen LogP contribution in [0.1, 0.15) is 35.3 Å². The van der Waals surface area contributed by atoms with Crippen molar-refractivity contribution < 1.29 is 9.53 Å². The number of piperidine rings is 1. The first kappa shape index (κ1) is 20.6. The minimum Gasteiger partial charge on any atom is -0.481 e. The van der Waals surface area contributed by atoms with Crippen LogP contribution in [0, 0.1) is 6.92 Å². The molecule has 0 spiro atoms. The quantitative estimate of drug-likeness (QED) is 0.620. The molecule has 8 heteroatoms. The number of nitrogens with one attached hydrogen (secondary N) is 2. The van der Waals surface area contributed by atoms with Crippen LogP contribution >= 0.6 is 0 Å². The van der Waals surface area contributed by atoms with Gasteiger partial charge in [0.25, 0.3) is 5.91 Å². The minimum absolute atomic E-state index is 0.227. The van der Waals surface area contributed by atoms with Crippen LogP contribution in [0.15, 0.2) is 48.7 Å². The number of methoxy groups -OCH3 is 1. The molecule has 0 unspecified atom stereocenters. The molecule has 0 saturated carbocycles. The van der Waals surface area contributed by atoms with Gasteiger partial charge in [0.05, 0.1) is 7.11 Å². The Hall–Kier alpha value is -3.68. The lowest BCUT2D eigenvalue weighted by Gasteiger charge is -2.28. The van der Waals surface area contributed by atoms with Crippen molar-refractivity contribution in [1.82, 2.24) is 15.0 Å². The normalized spacial score (nSPS) is 13.5. The molecule has 1 aliphatic rings. The van der Waals surface area contributed by atoms with Crippen molar-refractivity contribution >= 4 is 29.0 Å². The van der Waals surface area contributed by atoms with Crippen molar-refractivity contribution in [2.75, 3.05) is 35.7 Å². The first-order chi connectivity index (χ1) is 15.1. The number of hydrogen-bond acceptors (Lipinski definition) is 7. The van der Waals surface area contributed by atoms with Crippen LogP contribution in [0.4, 0.5) is 23.1 Å². The third kappa shape index (κ3) is 5.28. The van der Waals surface area contributed by atoms with Crippen LogP contribution in [-0.4, -0.2) is 41.1 Å². The van der Waals surface area contributed by atoms with E-state index in [1.54, 1.807) is 18.3 Å². The van der Waals surface area contributed by atoms with Crippen LogP contribution < -0.4 is 20.3 Å². The summed E-state index contributed by atoms with van der Waals surface area (Å²) < 4.78 is 5.07. The molecule has 1 aromatic carbocycles. The van der Waals surface area contributed by atoms with E-state index < -0.39 is 0 Å². The van der Waals surface area contributed by atoms with Gasteiger partial charge in [-0.1, -0.05) is 0 Å². The van der Waals surface area contributed by atoms with Crippen LogP contribution in [0.2, 0.25) is 0 Å². The molecule has 3 aromatic rings. The zero-order valence-electron chi connectivity index (χ0n) is 17.8. The van der Waals surface area contributed by atoms with Crippen molar-refractivity contribution in [2.24, 2.45) is 0 Å². The molecule has 0 bridgehead atoms. The van der Waals surface area contributed by atoms with Gasteiger partial charge in [-0.2, -0.15) is 4.98 Å². The Morgan fingerprint density at radius 3 is 2.48 bits per heavy atom. The highest BCUT2D eigenvalue weighted by Gasteiger charge is 2.14. The molecule has 1 saturated heterocycles. The third-order valence-electron chi connectivity index (χ3n) is 5.13. The number of carbonyl (C=O) groups excluding carboxylic acids is 1. The van der Waals surface area contributed by atoms with E-state index in [0.29, 0.717) is 23.1 Å². The molecule has 1 aliphatic heterocycles. The number of benzene rings is 1. The largest absolute Gasteiger partial charge is 0.481 e. The van der Waals surface area contributed by atoms with E-state index in [-0.39, 0.29) is 5.91 Å². The summed E-state index contributed by atoms with van der Waals surface area (Å²) in [7, 11) is 1.52. The predicted octanol–water partition coefficient (Wildman–Crippen LogP) is 4.17. The summed E-state index contributed by atoms with van der Waals surface area (Å²) in [6.07, 6.45) is 5.22. The first-order valence-corrected chi connectivity index (χ1v) is 10.4. The monoisotopic (exact) mass is 418 g/mol. The van der Waals surface area contributed by atoms with Gasteiger partial charge in [0.2, 0.25) is 11.8 Å². The average molecular weight is 419 g/mol. The topological polar surface area (TPSA) is 92.3 Å². The predicted molar refractivity (Wildman–Crippen MR) is 121 cm³/mol. The van der Waals surface area contributed by atoms with Gasteiger partial charge in [0.15, 0.2) is 0 Å². The van der Waals surface area contributed by atoms with E-state index in [1.165, 1.54) is 26.4 Å². The van der Waals surface area contributed by atoms with Crippen molar-refractivity contribution in [3.63, 3.8) is 0 Å². The number of rotatable bonds is 6. The molecule has 4 rings (SSSR count). The highest BCUT2D eigenvalue weighted by Crippen LogP contribution is 2.22. The molecule has 8 nitrogen and oxygen atoms in total. The Kier molecular flexibility index (Phi) is 6.26. The molecule has 2 N–H and O–H groups in total. The van der Waals surface area contributed by atoms with Gasteiger partial charge in [0.1, 0.15) is 5.82 Å². The Balaban J connectivity index is 1.42. The SMILES string of the molecule is COc1cc(C(=O)Nc2ccc(Nc3nc(C)cc(N4CCCCC4)n3)cc2)ccn1. The maximum Gasteiger partial charge on any atom is 0.255 e. The van der Waals surface area contributed by atoms with Crippen molar-refractivity contribution in [3.05, 3.63) is 59.9 Å². The number of aromatic nitrogens is 3. The number of carbonyl (C=O) groups is 1. The Labute approximate surface area is 181 Å². The Morgan fingerprint density at radius 2 is 1.74 bits per heavy atom. The molecule has 1 amide bonds. The van der Waals surface area contributed by atoms with E-state index in [1.807, 2.05) is 37.3 Å². The van der Waals surface area contributed by atoms with Gasteiger partial charge in [-0.05, 0) is 56.5 Å². The number of ether oxygens (including phenoxy) is 1. The summed E-state index contributed by atoms with van der Waals surface area (Å²) in [5.41, 5.74) is 2.94. The van der Waals surface area contributed by atoms with Crippen molar-refractivity contribution in [2.45, 2.75) is 26.2 Å². The highest BCUT2D eigenvalue weighted by atomic mass is 16.5. The van der Waals surface area contributed by atoms with Gasteiger partial charge in [-0.3, -0.25) is 4.79 Å². The smallest absolute Gasteiger partial charge is 0.255 e. The Morgan fingerprint density at radius 1 is 1.00 bits per heavy atom. The molecule has 0 radical (unpaired) electrons. The second-order valence-corrected chi connectivity index (χ2v) is 7.48. The van der Waals surface area contributed by atoms with E-state index in [4.69, 9.17) is 9.72 Å². The Bertz CT molecular complexity index is 1050. The molecule has 0 atom stereocenters. The lowest BCUT2D eigenvalue weighted by atomic mass is 10.1. The van der Waals surface area contributed by atoms with Crippen LogP contribution in [0.25, 0.3) is 0 Å². The summed E-state index contributed by atoms with van der Waals surface area (Å²) in [5.74, 6) is 1.71. The number of aryl methyl sites for hydroxylation is 1. The number of pyridine rings is 1. The lowest BCUT2D eigenvalue weighted by Crippen LogP contribution is -2.30.